The molecule has 0 aliphatic heterocycles. The Morgan fingerprint density at radius 3 is 1.93 bits per heavy atom. The molecular weight excluding hydrogens is 703 g/mol. The van der Waals surface area contributed by atoms with E-state index in [1.165, 1.54) is 92.9 Å². The number of nitrogens with zero attached hydrogens (tertiary/aromatic N) is 3. The summed E-state index contributed by atoms with van der Waals surface area (Å²) in [6, 6.07) is 69.8. The fourth-order valence-corrected chi connectivity index (χ4v) is 10.7. The van der Waals surface area contributed by atoms with Gasteiger partial charge < -0.3 is 13.9 Å². The number of hydrogen-bond acceptors (Lipinski definition) is 1. The Bertz CT molecular complexity index is 3640. The minimum absolute atomic E-state index is 0.0865. The van der Waals surface area contributed by atoms with Crippen molar-refractivity contribution in [2.45, 2.75) is 19.3 Å². The summed E-state index contributed by atoms with van der Waals surface area (Å²) in [5.41, 5.74) is 16.1. The molecule has 0 bridgehead atoms. The SMILES string of the molecule is CC1(C)c2ccccc2-c2ccc(N(c3ccccc3)c3ccc(-n4c5cccc6c7ccccc7n7c8ccc9ccccc9c8c8ccc4c(c65)c87)cc3)cc21. The van der Waals surface area contributed by atoms with Gasteiger partial charge in [0, 0.05) is 55.1 Å². The number of aromatic nitrogens is 2. The summed E-state index contributed by atoms with van der Waals surface area (Å²) in [7, 11) is 0. The normalized spacial score (nSPS) is 13.5. The van der Waals surface area contributed by atoms with Crippen molar-refractivity contribution in [1.29, 1.82) is 0 Å². The molecule has 272 valence electrons. The van der Waals surface area contributed by atoms with E-state index in [1.807, 2.05) is 0 Å². The van der Waals surface area contributed by atoms with Gasteiger partial charge in [-0.3, -0.25) is 0 Å². The fourth-order valence-electron chi connectivity index (χ4n) is 10.7. The van der Waals surface area contributed by atoms with Crippen molar-refractivity contribution >= 4 is 87.7 Å². The highest BCUT2D eigenvalue weighted by atomic mass is 15.1. The highest BCUT2D eigenvalue weighted by Gasteiger charge is 2.36. The van der Waals surface area contributed by atoms with Crippen LogP contribution < -0.4 is 4.90 Å². The molecule has 3 aromatic heterocycles. The van der Waals surface area contributed by atoms with Crippen LogP contribution in [-0.4, -0.2) is 8.97 Å². The van der Waals surface area contributed by atoms with Crippen LogP contribution in [0.1, 0.15) is 25.0 Å². The predicted molar refractivity (Wildman–Crippen MR) is 245 cm³/mol. The molecule has 0 atom stereocenters. The molecule has 0 saturated carbocycles. The zero-order valence-electron chi connectivity index (χ0n) is 32.2. The first-order chi connectivity index (χ1) is 28.6. The van der Waals surface area contributed by atoms with E-state index in [0.717, 1.165) is 22.7 Å². The summed E-state index contributed by atoms with van der Waals surface area (Å²) in [5, 5.41) is 10.3. The molecule has 0 N–H and O–H groups in total. The van der Waals surface area contributed by atoms with Crippen molar-refractivity contribution in [2.75, 3.05) is 4.90 Å². The molecule has 3 heterocycles. The Kier molecular flexibility index (Phi) is 6.23. The first kappa shape index (κ1) is 31.8. The van der Waals surface area contributed by atoms with Crippen LogP contribution in [0.25, 0.3) is 87.5 Å². The number of rotatable bonds is 4. The van der Waals surface area contributed by atoms with Gasteiger partial charge in [-0.1, -0.05) is 129 Å². The quantitative estimate of drug-likeness (QED) is 0.175. The van der Waals surface area contributed by atoms with E-state index < -0.39 is 0 Å². The lowest BCUT2D eigenvalue weighted by atomic mass is 9.82. The van der Waals surface area contributed by atoms with Crippen LogP contribution in [0.15, 0.2) is 188 Å². The maximum Gasteiger partial charge on any atom is 0.0642 e. The molecule has 3 heteroatoms. The number of benzene rings is 9. The third kappa shape index (κ3) is 4.07. The van der Waals surface area contributed by atoms with E-state index in [4.69, 9.17) is 0 Å². The smallest absolute Gasteiger partial charge is 0.0642 e. The van der Waals surface area contributed by atoms with Gasteiger partial charge in [-0.15, -0.1) is 0 Å². The molecule has 13 rings (SSSR count). The van der Waals surface area contributed by atoms with Gasteiger partial charge in [0.1, 0.15) is 0 Å². The van der Waals surface area contributed by atoms with Crippen LogP contribution in [0.5, 0.6) is 0 Å². The van der Waals surface area contributed by atoms with E-state index in [2.05, 4.69) is 216 Å². The molecule has 58 heavy (non-hydrogen) atoms. The van der Waals surface area contributed by atoms with Gasteiger partial charge in [0.25, 0.3) is 0 Å². The Morgan fingerprint density at radius 1 is 0.397 bits per heavy atom. The predicted octanol–water partition coefficient (Wildman–Crippen LogP) is 14.9. The molecule has 0 fully saturated rings. The third-order valence-corrected chi connectivity index (χ3v) is 13.2. The Balaban J connectivity index is 1.05. The van der Waals surface area contributed by atoms with Crippen molar-refractivity contribution in [3.8, 4) is 16.8 Å². The van der Waals surface area contributed by atoms with E-state index in [9.17, 15) is 0 Å². The Hall–Kier alpha value is -7.36. The van der Waals surface area contributed by atoms with Crippen LogP contribution in [0, 0.1) is 0 Å². The van der Waals surface area contributed by atoms with Crippen molar-refractivity contribution in [3.05, 3.63) is 199 Å². The van der Waals surface area contributed by atoms with E-state index in [0.29, 0.717) is 0 Å². The van der Waals surface area contributed by atoms with Gasteiger partial charge in [-0.25, -0.2) is 0 Å². The van der Waals surface area contributed by atoms with E-state index in [1.54, 1.807) is 0 Å². The maximum absolute atomic E-state index is 2.54. The molecule has 0 saturated heterocycles. The minimum Gasteiger partial charge on any atom is -0.310 e. The number of hydrogen-bond donors (Lipinski definition) is 0. The highest BCUT2D eigenvalue weighted by Crippen LogP contribution is 2.51. The molecule has 1 aliphatic carbocycles. The van der Waals surface area contributed by atoms with Crippen LogP contribution in [0.3, 0.4) is 0 Å². The summed E-state index contributed by atoms with van der Waals surface area (Å²) in [6.07, 6.45) is 0. The molecule has 3 nitrogen and oxygen atoms in total. The summed E-state index contributed by atoms with van der Waals surface area (Å²) in [4.78, 5) is 2.40. The molecule has 12 aromatic rings. The van der Waals surface area contributed by atoms with Gasteiger partial charge in [-0.2, -0.15) is 0 Å². The number of para-hydroxylation sites is 2. The fraction of sp³-hybridized carbons (Fsp3) is 0.0545. The molecule has 0 spiro atoms. The summed E-state index contributed by atoms with van der Waals surface area (Å²) < 4.78 is 5.02. The second-order valence-electron chi connectivity index (χ2n) is 16.5. The van der Waals surface area contributed by atoms with Crippen molar-refractivity contribution in [3.63, 3.8) is 0 Å². The lowest BCUT2D eigenvalue weighted by molar-refractivity contribution is 0.660. The topological polar surface area (TPSA) is 12.6 Å². The van der Waals surface area contributed by atoms with Crippen LogP contribution >= 0.6 is 0 Å². The Labute approximate surface area is 335 Å². The molecule has 0 amide bonds. The second kappa shape index (κ2) is 11.4. The Morgan fingerprint density at radius 2 is 1.05 bits per heavy atom. The van der Waals surface area contributed by atoms with E-state index >= 15 is 0 Å². The summed E-state index contributed by atoms with van der Waals surface area (Å²) in [5.74, 6) is 0. The standard InChI is InChI=1S/C55H37N3/c1-55(2)45-20-10-8-17-40(45)41-29-28-38(33-46(41)55)56(35-14-4-3-5-15-35)36-24-26-37(27-25-36)57-48-22-12-19-43-42-18-9-11-21-47(42)58-49-31-23-34-13-6-7-16-39(34)51(49)44-30-32-50(57)53(52(43)48)54(44)58/h3-33H,1-2H3. The zero-order valence-corrected chi connectivity index (χ0v) is 32.2. The van der Waals surface area contributed by atoms with Crippen molar-refractivity contribution in [1.82, 2.24) is 8.97 Å². The van der Waals surface area contributed by atoms with Crippen LogP contribution in [0.2, 0.25) is 0 Å². The monoisotopic (exact) mass is 739 g/mol. The third-order valence-electron chi connectivity index (χ3n) is 13.2. The van der Waals surface area contributed by atoms with E-state index in [-0.39, 0.29) is 5.41 Å². The lowest BCUT2D eigenvalue weighted by Gasteiger charge is -2.28. The minimum atomic E-state index is -0.0865. The second-order valence-corrected chi connectivity index (χ2v) is 16.5. The zero-order chi connectivity index (χ0) is 38.3. The molecule has 0 radical (unpaired) electrons. The lowest BCUT2D eigenvalue weighted by Crippen LogP contribution is -2.16. The van der Waals surface area contributed by atoms with Gasteiger partial charge in [-0.05, 0) is 111 Å². The number of fused-ring (bicyclic) bond motifs is 11. The van der Waals surface area contributed by atoms with Crippen molar-refractivity contribution < 1.29 is 0 Å². The highest BCUT2D eigenvalue weighted by molar-refractivity contribution is 6.35. The van der Waals surface area contributed by atoms with Crippen molar-refractivity contribution in [2.24, 2.45) is 0 Å². The average Bonchev–Trinajstić information content (AvgIpc) is 3.84. The van der Waals surface area contributed by atoms with Gasteiger partial charge in [0.15, 0.2) is 0 Å². The van der Waals surface area contributed by atoms with Crippen LogP contribution in [-0.2, 0) is 5.41 Å². The first-order valence-corrected chi connectivity index (χ1v) is 20.3. The molecular formula is C55H37N3. The molecule has 0 unspecified atom stereocenters. The van der Waals surface area contributed by atoms with Gasteiger partial charge >= 0.3 is 0 Å². The van der Waals surface area contributed by atoms with Crippen LogP contribution in [0.4, 0.5) is 17.1 Å². The largest absolute Gasteiger partial charge is 0.310 e. The number of anilines is 3. The first-order valence-electron chi connectivity index (χ1n) is 20.3. The molecule has 1 aliphatic rings. The summed E-state index contributed by atoms with van der Waals surface area (Å²) >= 11 is 0. The van der Waals surface area contributed by atoms with Gasteiger partial charge in [0.2, 0.25) is 0 Å². The summed E-state index contributed by atoms with van der Waals surface area (Å²) in [6.45, 7) is 4.71. The maximum atomic E-state index is 2.54. The average molecular weight is 740 g/mol. The van der Waals surface area contributed by atoms with Gasteiger partial charge in [0.05, 0.1) is 27.6 Å². The molecule has 9 aromatic carbocycles.